The van der Waals surface area contributed by atoms with Gasteiger partial charge in [0.15, 0.2) is 15.9 Å². The van der Waals surface area contributed by atoms with Gasteiger partial charge < -0.3 is 9.52 Å². The van der Waals surface area contributed by atoms with E-state index in [2.05, 4.69) is 26.1 Å². The first kappa shape index (κ1) is 24.4. The third-order valence-electron chi connectivity index (χ3n) is 5.51. The summed E-state index contributed by atoms with van der Waals surface area (Å²) in [5, 5.41) is 19.3. The van der Waals surface area contributed by atoms with Crippen LogP contribution in [0.4, 0.5) is 9.52 Å². The molecule has 0 fully saturated rings. The molecule has 7 nitrogen and oxygen atoms in total. The fourth-order valence-corrected chi connectivity index (χ4v) is 5.92. The average molecular weight is 586 g/mol. The number of aliphatic hydroxyl groups is 1. The lowest BCUT2D eigenvalue weighted by molar-refractivity contribution is -0.117. The maximum absolute atomic E-state index is 14.0. The summed E-state index contributed by atoms with van der Waals surface area (Å²) in [6, 6.07) is 15.7. The molecule has 3 heterocycles. The summed E-state index contributed by atoms with van der Waals surface area (Å²) >= 11 is 5.79. The predicted molar refractivity (Wildman–Crippen MR) is 138 cm³/mol. The Balaban J connectivity index is 1.50. The lowest BCUT2D eigenvalue weighted by Crippen LogP contribution is -2.31. The lowest BCUT2D eigenvalue weighted by Gasteiger charge is -2.23. The molecule has 0 radical (unpaired) electrons. The predicted octanol–water partition coefficient (Wildman–Crippen LogP) is 6.42. The highest BCUT2D eigenvalue weighted by Crippen LogP contribution is 2.44. The Morgan fingerprint density at radius 1 is 1.17 bits per heavy atom. The zero-order valence-corrected chi connectivity index (χ0v) is 21.9. The Hall–Kier alpha value is -3.28. The number of aliphatic hydroxyl groups excluding tert-OH is 1. The van der Waals surface area contributed by atoms with Crippen molar-refractivity contribution in [2.75, 3.05) is 4.90 Å². The topological polar surface area (TPSA) is 96.5 Å². The molecule has 1 atom stereocenters. The summed E-state index contributed by atoms with van der Waals surface area (Å²) in [5.74, 6) is -1.47. The van der Waals surface area contributed by atoms with Gasteiger partial charge >= 0.3 is 0 Å². The molecule has 5 rings (SSSR count). The molecule has 2 aromatic heterocycles. The molecule has 2 aromatic carbocycles. The smallest absolute Gasteiger partial charge is 0.296 e. The van der Waals surface area contributed by atoms with Crippen LogP contribution in [0, 0.1) is 12.7 Å². The van der Waals surface area contributed by atoms with E-state index in [4.69, 9.17) is 4.42 Å². The zero-order chi connectivity index (χ0) is 25.4. The molecule has 1 aliphatic rings. The van der Waals surface area contributed by atoms with Gasteiger partial charge in [0, 0.05) is 10.2 Å². The van der Waals surface area contributed by atoms with Crippen molar-refractivity contribution in [3.05, 3.63) is 105 Å². The van der Waals surface area contributed by atoms with Crippen LogP contribution in [0.1, 0.15) is 33.5 Å². The number of carbonyl (C=O) groups excluding carboxylic acids is 2. The summed E-state index contributed by atoms with van der Waals surface area (Å²) in [6.45, 7) is 1.70. The molecule has 182 valence electrons. The number of hydrogen-bond donors (Lipinski definition) is 1. The molecule has 0 saturated heterocycles. The zero-order valence-electron chi connectivity index (χ0n) is 18.6. The van der Waals surface area contributed by atoms with Crippen LogP contribution in [-0.2, 0) is 10.5 Å². The first-order valence-electron chi connectivity index (χ1n) is 10.7. The highest BCUT2D eigenvalue weighted by Gasteiger charge is 2.46. The van der Waals surface area contributed by atoms with Crippen molar-refractivity contribution in [3.63, 3.8) is 0 Å². The number of ketones is 1. The molecule has 1 amide bonds. The molecule has 0 aliphatic carbocycles. The summed E-state index contributed by atoms with van der Waals surface area (Å²) in [7, 11) is 0. The summed E-state index contributed by atoms with van der Waals surface area (Å²) < 4.78 is 20.8. The first-order chi connectivity index (χ1) is 17.3. The van der Waals surface area contributed by atoms with Crippen molar-refractivity contribution in [3.8, 4) is 0 Å². The van der Waals surface area contributed by atoms with E-state index in [1.165, 1.54) is 28.8 Å². The van der Waals surface area contributed by atoms with Crippen molar-refractivity contribution in [1.29, 1.82) is 0 Å². The molecule has 36 heavy (non-hydrogen) atoms. The number of thioether (sulfide) groups is 1. The van der Waals surface area contributed by atoms with Crippen molar-refractivity contribution < 1.29 is 23.5 Å². The third kappa shape index (κ3) is 4.61. The number of benzene rings is 2. The maximum Gasteiger partial charge on any atom is 0.296 e. The second kappa shape index (κ2) is 10.00. The number of aryl methyl sites for hydroxylation is 1. The summed E-state index contributed by atoms with van der Waals surface area (Å²) in [6.07, 6.45) is 0. The van der Waals surface area contributed by atoms with Gasteiger partial charge in [-0.15, -0.1) is 10.2 Å². The molecular weight excluding hydrogens is 569 g/mol. The van der Waals surface area contributed by atoms with Gasteiger partial charge in [0.2, 0.25) is 10.9 Å². The number of aromatic nitrogens is 2. The Bertz CT molecular complexity index is 1500. The fraction of sp³-hybridized carbons (Fsp3) is 0.120. The van der Waals surface area contributed by atoms with Crippen LogP contribution in [-0.4, -0.2) is 27.0 Å². The van der Waals surface area contributed by atoms with E-state index >= 15 is 0 Å². The number of amides is 1. The minimum absolute atomic E-state index is 0.0178. The second-order valence-electron chi connectivity index (χ2n) is 7.86. The van der Waals surface area contributed by atoms with Gasteiger partial charge in [0.25, 0.3) is 5.91 Å². The van der Waals surface area contributed by atoms with Crippen molar-refractivity contribution in [2.45, 2.75) is 23.1 Å². The standard InChI is InChI=1S/C25H17BrFN3O4S2/c1-13-6-11-18(34-13)21(31)19-20(14-7-9-16(26)10-8-14)30(23(33)22(19)32)24-28-29-25(36-24)35-12-15-4-2-3-5-17(15)27/h2-11,20,32H,12H2,1H3. The van der Waals surface area contributed by atoms with Crippen molar-refractivity contribution >= 4 is 55.9 Å². The SMILES string of the molecule is Cc1ccc(C(=O)C2=C(O)C(=O)N(c3nnc(SCc4ccccc4F)s3)C2c2ccc(Br)cc2)o1. The maximum atomic E-state index is 14.0. The minimum atomic E-state index is -0.944. The van der Waals surface area contributed by atoms with Gasteiger partial charge in [-0.1, -0.05) is 69.4 Å². The molecule has 0 spiro atoms. The van der Waals surface area contributed by atoms with Gasteiger partial charge in [-0.05, 0) is 48.4 Å². The normalized spacial score (nSPS) is 15.7. The van der Waals surface area contributed by atoms with E-state index in [0.29, 0.717) is 27.0 Å². The number of rotatable bonds is 7. The van der Waals surface area contributed by atoms with Crippen molar-refractivity contribution in [1.82, 2.24) is 10.2 Å². The van der Waals surface area contributed by atoms with Gasteiger partial charge in [-0.2, -0.15) is 0 Å². The number of furan rings is 1. The van der Waals surface area contributed by atoms with E-state index < -0.39 is 23.5 Å². The van der Waals surface area contributed by atoms with Crippen molar-refractivity contribution in [2.24, 2.45) is 0 Å². The van der Waals surface area contributed by atoms with Gasteiger partial charge in [0.1, 0.15) is 11.6 Å². The Morgan fingerprint density at radius 2 is 1.92 bits per heavy atom. The van der Waals surface area contributed by atoms with Gasteiger partial charge in [-0.25, -0.2) is 4.39 Å². The summed E-state index contributed by atoms with van der Waals surface area (Å²) in [5.41, 5.74) is 1.01. The Kier molecular flexibility index (Phi) is 6.78. The van der Waals surface area contributed by atoms with Gasteiger partial charge in [-0.3, -0.25) is 14.5 Å². The van der Waals surface area contributed by atoms with E-state index in [0.717, 1.165) is 15.8 Å². The number of halogens is 2. The molecule has 1 unspecified atom stereocenters. The first-order valence-corrected chi connectivity index (χ1v) is 13.3. The van der Waals surface area contributed by atoms with Crippen LogP contribution in [0.25, 0.3) is 0 Å². The Morgan fingerprint density at radius 3 is 2.61 bits per heavy atom. The number of Topliss-reactive ketones (excluding diaryl/α,β-unsaturated/α-hetero) is 1. The van der Waals surface area contributed by atoms with Crippen LogP contribution >= 0.6 is 39.0 Å². The number of hydrogen-bond acceptors (Lipinski definition) is 8. The van der Waals surface area contributed by atoms with Gasteiger partial charge in [0.05, 0.1) is 11.6 Å². The monoisotopic (exact) mass is 585 g/mol. The van der Waals surface area contributed by atoms with Crippen LogP contribution in [0.2, 0.25) is 0 Å². The van der Waals surface area contributed by atoms with Crippen LogP contribution in [0.15, 0.2) is 85.2 Å². The highest BCUT2D eigenvalue weighted by molar-refractivity contribution is 9.10. The molecule has 4 aromatic rings. The fourth-order valence-electron chi connectivity index (χ4n) is 3.80. The molecule has 0 saturated carbocycles. The van der Waals surface area contributed by atoms with Crippen LogP contribution in [0.3, 0.4) is 0 Å². The molecule has 11 heteroatoms. The number of carbonyl (C=O) groups is 2. The van der Waals surface area contributed by atoms with Crippen LogP contribution < -0.4 is 4.90 Å². The lowest BCUT2D eigenvalue weighted by atomic mass is 9.95. The Labute approximate surface area is 221 Å². The summed E-state index contributed by atoms with van der Waals surface area (Å²) in [4.78, 5) is 27.9. The molecule has 1 aliphatic heterocycles. The number of nitrogens with zero attached hydrogens (tertiary/aromatic N) is 3. The number of anilines is 1. The van der Waals surface area contributed by atoms with Crippen LogP contribution in [0.5, 0.6) is 0 Å². The molecular formula is C25H17BrFN3O4S2. The second-order valence-corrected chi connectivity index (χ2v) is 11.0. The molecule has 0 bridgehead atoms. The average Bonchev–Trinajstić information content (AvgIpc) is 3.57. The highest BCUT2D eigenvalue weighted by atomic mass is 79.9. The third-order valence-corrected chi connectivity index (χ3v) is 8.15. The quantitative estimate of drug-likeness (QED) is 0.152. The molecule has 1 N–H and O–H groups in total. The minimum Gasteiger partial charge on any atom is -0.503 e. The van der Waals surface area contributed by atoms with E-state index in [9.17, 15) is 19.1 Å². The van der Waals surface area contributed by atoms with E-state index in [1.54, 1.807) is 55.5 Å². The largest absolute Gasteiger partial charge is 0.503 e. The van der Waals surface area contributed by atoms with E-state index in [-0.39, 0.29) is 22.3 Å². The van der Waals surface area contributed by atoms with E-state index in [1.807, 2.05) is 0 Å².